The van der Waals surface area contributed by atoms with Gasteiger partial charge in [0.2, 0.25) is 11.8 Å². The van der Waals surface area contributed by atoms with Crippen molar-refractivity contribution >= 4 is 52.1 Å². The molecule has 1 N–H and O–H groups in total. The summed E-state index contributed by atoms with van der Waals surface area (Å²) >= 11 is 2.24. The van der Waals surface area contributed by atoms with E-state index in [-0.39, 0.29) is 16.4 Å². The van der Waals surface area contributed by atoms with E-state index in [0.29, 0.717) is 11.3 Å². The number of hydrogen-bond donors (Lipinski definition) is 1. The number of furan rings is 1. The minimum absolute atomic E-state index is 0.0219. The zero-order valence-corrected chi connectivity index (χ0v) is 15.5. The van der Waals surface area contributed by atoms with E-state index < -0.39 is 23.6 Å². The van der Waals surface area contributed by atoms with Gasteiger partial charge in [0.15, 0.2) is 0 Å². The first kappa shape index (κ1) is 18.0. The average Bonchev–Trinajstić information content (AvgIpc) is 3.26. The highest BCUT2D eigenvalue weighted by atomic mass is 32.2. The van der Waals surface area contributed by atoms with Gasteiger partial charge in [0, 0.05) is 10.4 Å². The third-order valence-corrected chi connectivity index (χ3v) is 5.47. The van der Waals surface area contributed by atoms with Gasteiger partial charge in [-0.2, -0.15) is 5.26 Å². The minimum atomic E-state index is -0.616. The molecule has 26 heavy (non-hydrogen) atoms. The third kappa shape index (κ3) is 3.42. The number of thiophene rings is 1. The largest absolute Gasteiger partial charge is 0.444 e. The maximum atomic E-state index is 12.4. The molecule has 0 unspecified atom stereocenters. The Morgan fingerprint density at radius 3 is 2.85 bits per heavy atom. The van der Waals surface area contributed by atoms with Crippen molar-refractivity contribution in [2.45, 2.75) is 13.8 Å². The second-order valence-electron chi connectivity index (χ2n) is 5.43. The number of nitrogens with zero attached hydrogens (tertiary/aromatic N) is 2. The normalized spacial score (nSPS) is 15.6. The van der Waals surface area contributed by atoms with E-state index in [9.17, 15) is 14.4 Å². The molecule has 0 bridgehead atoms. The molecule has 3 amide bonds. The third-order valence-electron chi connectivity index (χ3n) is 3.74. The van der Waals surface area contributed by atoms with Crippen molar-refractivity contribution in [1.29, 1.82) is 5.26 Å². The lowest BCUT2D eigenvalue weighted by Crippen LogP contribution is -2.36. The van der Waals surface area contributed by atoms with Gasteiger partial charge in [0.1, 0.15) is 23.9 Å². The van der Waals surface area contributed by atoms with E-state index in [1.807, 2.05) is 23.6 Å². The molecular formula is C17H13N3O4S2. The number of nitrogens with one attached hydrogen (secondary N) is 1. The fraction of sp³-hybridized carbons (Fsp3) is 0.176. The van der Waals surface area contributed by atoms with Crippen LogP contribution in [0.5, 0.6) is 0 Å². The van der Waals surface area contributed by atoms with Gasteiger partial charge in [-0.05, 0) is 43.1 Å². The van der Waals surface area contributed by atoms with Gasteiger partial charge in [-0.15, -0.1) is 11.3 Å². The summed E-state index contributed by atoms with van der Waals surface area (Å²) < 4.78 is 5.36. The second-order valence-corrected chi connectivity index (χ2v) is 7.40. The number of thioether (sulfide) groups is 1. The van der Waals surface area contributed by atoms with Crippen molar-refractivity contribution < 1.29 is 18.8 Å². The lowest BCUT2D eigenvalue weighted by Gasteiger charge is -2.11. The molecule has 0 saturated carbocycles. The lowest BCUT2D eigenvalue weighted by molar-refractivity contribution is -0.127. The van der Waals surface area contributed by atoms with Crippen molar-refractivity contribution in [2.75, 3.05) is 11.9 Å². The molecule has 1 aliphatic heterocycles. The molecule has 132 valence electrons. The van der Waals surface area contributed by atoms with Gasteiger partial charge in [-0.3, -0.25) is 24.6 Å². The summed E-state index contributed by atoms with van der Waals surface area (Å²) in [6.07, 6.45) is 1.63. The first-order valence-corrected chi connectivity index (χ1v) is 9.19. The van der Waals surface area contributed by atoms with Crippen molar-refractivity contribution in [3.63, 3.8) is 0 Å². The van der Waals surface area contributed by atoms with E-state index in [1.165, 1.54) is 11.3 Å². The number of hydrogen-bond acceptors (Lipinski definition) is 7. The van der Waals surface area contributed by atoms with Crippen molar-refractivity contribution in [3.8, 4) is 6.07 Å². The number of amides is 3. The first-order chi connectivity index (χ1) is 12.4. The molecule has 0 atom stereocenters. The Morgan fingerprint density at radius 2 is 2.19 bits per heavy atom. The Kier molecular flexibility index (Phi) is 4.97. The SMILES string of the molecule is Cc1oc(NC(=O)CN2C(=O)SC(=Cc3cccs3)C2=O)c(C#N)c1C. The summed E-state index contributed by atoms with van der Waals surface area (Å²) in [4.78, 5) is 38.7. The molecule has 1 aliphatic rings. The molecule has 3 heterocycles. The van der Waals surface area contributed by atoms with Gasteiger partial charge in [-0.25, -0.2) is 0 Å². The Bertz CT molecular complexity index is 967. The average molecular weight is 387 g/mol. The standard InChI is InChI=1S/C17H13N3O4S2/c1-9-10(2)24-15(12(9)7-18)19-14(21)8-20-16(22)13(26-17(20)23)6-11-4-3-5-25-11/h3-6H,8H2,1-2H3,(H,19,21). The van der Waals surface area contributed by atoms with Crippen LogP contribution in [0.3, 0.4) is 0 Å². The molecule has 2 aromatic heterocycles. The topological polar surface area (TPSA) is 103 Å². The number of anilines is 1. The van der Waals surface area contributed by atoms with Crippen LogP contribution in [0.15, 0.2) is 26.8 Å². The maximum Gasteiger partial charge on any atom is 0.294 e. The molecule has 0 aliphatic carbocycles. The predicted molar refractivity (Wildman–Crippen MR) is 98.5 cm³/mol. The van der Waals surface area contributed by atoms with Crippen LogP contribution in [0, 0.1) is 25.2 Å². The van der Waals surface area contributed by atoms with Crippen molar-refractivity contribution in [2.24, 2.45) is 0 Å². The molecule has 1 fully saturated rings. The summed E-state index contributed by atoms with van der Waals surface area (Å²) in [5.41, 5.74) is 0.857. The van der Waals surface area contributed by atoms with Crippen LogP contribution in [-0.2, 0) is 9.59 Å². The molecule has 0 spiro atoms. The van der Waals surface area contributed by atoms with Crippen LogP contribution in [-0.4, -0.2) is 28.5 Å². The maximum absolute atomic E-state index is 12.4. The van der Waals surface area contributed by atoms with E-state index >= 15 is 0 Å². The van der Waals surface area contributed by atoms with Crippen LogP contribution in [0.4, 0.5) is 10.7 Å². The summed E-state index contributed by atoms with van der Waals surface area (Å²) in [5, 5.41) is 13.0. The highest BCUT2D eigenvalue weighted by molar-refractivity contribution is 8.18. The highest BCUT2D eigenvalue weighted by Crippen LogP contribution is 2.33. The second kappa shape index (κ2) is 7.19. The van der Waals surface area contributed by atoms with Gasteiger partial charge < -0.3 is 4.42 Å². The van der Waals surface area contributed by atoms with Gasteiger partial charge in [0.25, 0.3) is 11.1 Å². The zero-order chi connectivity index (χ0) is 18.8. The number of aryl methyl sites for hydroxylation is 1. The van der Waals surface area contributed by atoms with Crippen LogP contribution in [0.2, 0.25) is 0 Å². The molecule has 1 saturated heterocycles. The fourth-order valence-electron chi connectivity index (χ4n) is 2.30. The van der Waals surface area contributed by atoms with E-state index in [2.05, 4.69) is 5.32 Å². The molecule has 2 aromatic rings. The van der Waals surface area contributed by atoms with Crippen molar-refractivity contribution in [3.05, 3.63) is 44.2 Å². The molecule has 0 radical (unpaired) electrons. The summed E-state index contributed by atoms with van der Waals surface area (Å²) in [5.74, 6) is -0.596. The van der Waals surface area contributed by atoms with Gasteiger partial charge >= 0.3 is 0 Å². The predicted octanol–water partition coefficient (Wildman–Crippen LogP) is 3.50. The Balaban J connectivity index is 1.72. The molecular weight excluding hydrogens is 374 g/mol. The summed E-state index contributed by atoms with van der Waals surface area (Å²) in [7, 11) is 0. The molecule has 3 rings (SSSR count). The quantitative estimate of drug-likeness (QED) is 0.805. The Labute approximate surface area is 157 Å². The summed E-state index contributed by atoms with van der Waals surface area (Å²) in [6.45, 7) is 2.94. The van der Waals surface area contributed by atoms with Crippen LogP contribution in [0.25, 0.3) is 6.08 Å². The first-order valence-electron chi connectivity index (χ1n) is 7.49. The Morgan fingerprint density at radius 1 is 1.42 bits per heavy atom. The number of carbonyl (C=O) groups excluding carboxylic acids is 3. The lowest BCUT2D eigenvalue weighted by atomic mass is 10.2. The fourth-order valence-corrected chi connectivity index (χ4v) is 3.86. The van der Waals surface area contributed by atoms with E-state index in [4.69, 9.17) is 9.68 Å². The number of imide groups is 1. The van der Waals surface area contributed by atoms with Gasteiger partial charge in [-0.1, -0.05) is 6.07 Å². The molecule has 9 heteroatoms. The molecule has 0 aromatic carbocycles. The van der Waals surface area contributed by atoms with Crippen LogP contribution >= 0.6 is 23.1 Å². The van der Waals surface area contributed by atoms with Crippen molar-refractivity contribution in [1.82, 2.24) is 4.90 Å². The van der Waals surface area contributed by atoms with E-state index in [1.54, 1.807) is 19.9 Å². The van der Waals surface area contributed by atoms with E-state index in [0.717, 1.165) is 21.5 Å². The number of rotatable bonds is 4. The summed E-state index contributed by atoms with van der Waals surface area (Å²) in [6, 6.07) is 5.64. The minimum Gasteiger partial charge on any atom is -0.444 e. The number of carbonyl (C=O) groups is 3. The highest BCUT2D eigenvalue weighted by Gasteiger charge is 2.36. The Hall–Kier alpha value is -2.83. The monoisotopic (exact) mass is 387 g/mol. The molecule has 7 nitrogen and oxygen atoms in total. The van der Waals surface area contributed by atoms with Crippen LogP contribution < -0.4 is 5.32 Å². The number of nitriles is 1. The van der Waals surface area contributed by atoms with Crippen LogP contribution in [0.1, 0.15) is 21.8 Å². The zero-order valence-electron chi connectivity index (χ0n) is 13.9. The smallest absolute Gasteiger partial charge is 0.294 e. The van der Waals surface area contributed by atoms with Gasteiger partial charge in [0.05, 0.1) is 4.91 Å².